The molecule has 0 atom stereocenters. The Kier molecular flexibility index (Phi) is 4.76. The van der Waals surface area contributed by atoms with Crippen LogP contribution in [0.15, 0.2) is 33.8 Å². The molecule has 5 rings (SSSR count). The van der Waals surface area contributed by atoms with Crippen LogP contribution in [-0.4, -0.2) is 62.5 Å². The summed E-state index contributed by atoms with van der Waals surface area (Å²) in [5.41, 5.74) is 1.63. The summed E-state index contributed by atoms with van der Waals surface area (Å²) in [6.07, 6.45) is 3.83. The lowest BCUT2D eigenvalue weighted by Crippen LogP contribution is -2.46. The first-order chi connectivity index (χ1) is 14.2. The van der Waals surface area contributed by atoms with Crippen molar-refractivity contribution in [3.05, 3.63) is 46.6 Å². The van der Waals surface area contributed by atoms with Crippen molar-refractivity contribution in [2.45, 2.75) is 31.8 Å². The molecule has 3 heterocycles. The zero-order valence-electron chi connectivity index (χ0n) is 16.2. The van der Waals surface area contributed by atoms with Crippen LogP contribution in [0.1, 0.15) is 30.5 Å². The highest BCUT2D eigenvalue weighted by atomic mass is 16.5. The third-order valence-electron chi connectivity index (χ3n) is 5.66. The van der Waals surface area contributed by atoms with Crippen LogP contribution in [0.25, 0.3) is 10.9 Å². The van der Waals surface area contributed by atoms with E-state index in [9.17, 15) is 4.79 Å². The maximum Gasteiger partial charge on any atom is 0.261 e. The van der Waals surface area contributed by atoms with Gasteiger partial charge < -0.3 is 14.5 Å². The first-order valence-electron chi connectivity index (χ1n) is 10.1. The molecule has 1 aromatic carbocycles. The van der Waals surface area contributed by atoms with E-state index < -0.39 is 0 Å². The standard InChI is InChI=1S/C20H24N6O3/c27-10-9-26-13-21-17-11-15(3-4-16(17)20(26)28)25-7-5-24(6-8-25)12-18-22-19(29-23-18)14-1-2-14/h3-4,11,13-14,27H,1-2,5-10,12H2. The van der Waals surface area contributed by atoms with Crippen LogP contribution in [0.4, 0.5) is 5.69 Å². The zero-order valence-corrected chi connectivity index (χ0v) is 16.2. The van der Waals surface area contributed by atoms with Gasteiger partial charge in [-0.1, -0.05) is 5.16 Å². The van der Waals surface area contributed by atoms with Crippen molar-refractivity contribution in [2.24, 2.45) is 0 Å². The van der Waals surface area contributed by atoms with Crippen LogP contribution in [0.5, 0.6) is 0 Å². The zero-order chi connectivity index (χ0) is 19.8. The molecule has 0 unspecified atom stereocenters. The molecule has 2 aliphatic rings. The topological polar surface area (TPSA) is 101 Å². The molecule has 1 aliphatic heterocycles. The summed E-state index contributed by atoms with van der Waals surface area (Å²) in [6, 6.07) is 5.78. The molecule has 1 N–H and O–H groups in total. The van der Waals surface area contributed by atoms with Gasteiger partial charge in [-0.05, 0) is 31.0 Å². The van der Waals surface area contributed by atoms with Crippen LogP contribution in [0.2, 0.25) is 0 Å². The highest BCUT2D eigenvalue weighted by Crippen LogP contribution is 2.38. The van der Waals surface area contributed by atoms with Crippen molar-refractivity contribution in [2.75, 3.05) is 37.7 Å². The van der Waals surface area contributed by atoms with Gasteiger partial charge in [-0.15, -0.1) is 0 Å². The second kappa shape index (κ2) is 7.57. The van der Waals surface area contributed by atoms with Gasteiger partial charge in [-0.3, -0.25) is 14.3 Å². The highest BCUT2D eigenvalue weighted by Gasteiger charge is 2.30. The van der Waals surface area contributed by atoms with E-state index in [-0.39, 0.29) is 18.7 Å². The molecule has 9 heteroatoms. The minimum absolute atomic E-state index is 0.0821. The maximum absolute atomic E-state index is 12.4. The van der Waals surface area contributed by atoms with E-state index in [4.69, 9.17) is 9.63 Å². The Morgan fingerprint density at radius 3 is 2.76 bits per heavy atom. The summed E-state index contributed by atoms with van der Waals surface area (Å²) in [5.74, 6) is 2.05. The van der Waals surface area contributed by atoms with Gasteiger partial charge in [-0.25, -0.2) is 4.98 Å². The smallest absolute Gasteiger partial charge is 0.261 e. The maximum atomic E-state index is 12.4. The van der Waals surface area contributed by atoms with Gasteiger partial charge in [0.05, 0.1) is 36.9 Å². The van der Waals surface area contributed by atoms with Crippen molar-refractivity contribution >= 4 is 16.6 Å². The van der Waals surface area contributed by atoms with Gasteiger partial charge in [0.25, 0.3) is 5.56 Å². The second-order valence-corrected chi connectivity index (χ2v) is 7.75. The van der Waals surface area contributed by atoms with Crippen molar-refractivity contribution < 1.29 is 9.63 Å². The molecule has 2 aromatic heterocycles. The van der Waals surface area contributed by atoms with Gasteiger partial charge in [0.2, 0.25) is 5.89 Å². The lowest BCUT2D eigenvalue weighted by molar-refractivity contribution is 0.240. The molecule has 9 nitrogen and oxygen atoms in total. The number of anilines is 1. The number of aliphatic hydroxyl groups excluding tert-OH is 1. The Hall–Kier alpha value is -2.78. The van der Waals surface area contributed by atoms with Crippen LogP contribution in [0.3, 0.4) is 0 Å². The minimum atomic E-state index is -0.119. The summed E-state index contributed by atoms with van der Waals surface area (Å²) < 4.78 is 6.79. The van der Waals surface area contributed by atoms with Gasteiger partial charge in [-0.2, -0.15) is 4.98 Å². The van der Waals surface area contributed by atoms with Gasteiger partial charge in [0.15, 0.2) is 5.82 Å². The molecule has 2 fully saturated rings. The first-order valence-corrected chi connectivity index (χ1v) is 10.1. The normalized spacial score (nSPS) is 17.9. The Bertz CT molecular complexity index is 1070. The predicted octanol–water partition coefficient (Wildman–Crippen LogP) is 0.971. The third kappa shape index (κ3) is 3.75. The second-order valence-electron chi connectivity index (χ2n) is 7.75. The average Bonchev–Trinajstić information content (AvgIpc) is 3.50. The average molecular weight is 396 g/mol. The van der Waals surface area contributed by atoms with Crippen LogP contribution >= 0.6 is 0 Å². The van der Waals surface area contributed by atoms with Gasteiger partial charge >= 0.3 is 0 Å². The van der Waals surface area contributed by atoms with Gasteiger partial charge in [0.1, 0.15) is 0 Å². The Morgan fingerprint density at radius 2 is 2.00 bits per heavy atom. The summed E-state index contributed by atoms with van der Waals surface area (Å²) in [7, 11) is 0. The number of hydrogen-bond acceptors (Lipinski definition) is 8. The summed E-state index contributed by atoms with van der Waals surface area (Å²) in [5, 5.41) is 13.8. The minimum Gasteiger partial charge on any atom is -0.395 e. The number of hydrogen-bond donors (Lipinski definition) is 1. The quantitative estimate of drug-likeness (QED) is 0.658. The number of aromatic nitrogens is 4. The Morgan fingerprint density at radius 1 is 1.17 bits per heavy atom. The van der Waals surface area contributed by atoms with E-state index in [1.54, 1.807) is 0 Å². The molecule has 1 saturated carbocycles. The third-order valence-corrected chi connectivity index (χ3v) is 5.66. The van der Waals surface area contributed by atoms with Crippen LogP contribution in [0, 0.1) is 0 Å². The van der Waals surface area contributed by atoms with E-state index in [2.05, 4.69) is 24.9 Å². The molecule has 3 aromatic rings. The number of benzene rings is 1. The van der Waals surface area contributed by atoms with E-state index in [1.165, 1.54) is 10.9 Å². The monoisotopic (exact) mass is 396 g/mol. The van der Waals surface area contributed by atoms with Gasteiger partial charge in [0, 0.05) is 37.8 Å². The first kappa shape index (κ1) is 18.3. The molecule has 0 amide bonds. The van der Waals surface area contributed by atoms with E-state index in [0.29, 0.717) is 23.4 Å². The van der Waals surface area contributed by atoms with E-state index >= 15 is 0 Å². The number of nitrogens with zero attached hydrogens (tertiary/aromatic N) is 6. The molecule has 0 radical (unpaired) electrons. The molecular weight excluding hydrogens is 372 g/mol. The van der Waals surface area contributed by atoms with Crippen molar-refractivity contribution in [3.8, 4) is 0 Å². The molecule has 152 valence electrons. The lowest BCUT2D eigenvalue weighted by Gasteiger charge is -2.35. The van der Waals surface area contributed by atoms with Crippen molar-refractivity contribution in [3.63, 3.8) is 0 Å². The SMILES string of the molecule is O=c1c2ccc(N3CCN(Cc4noc(C5CC5)n4)CC3)cc2ncn1CCO. The fourth-order valence-electron chi connectivity index (χ4n) is 3.80. The van der Waals surface area contributed by atoms with Crippen LogP contribution in [-0.2, 0) is 13.1 Å². The number of fused-ring (bicyclic) bond motifs is 1. The Balaban J connectivity index is 1.24. The fourth-order valence-corrected chi connectivity index (χ4v) is 3.80. The summed E-state index contributed by atoms with van der Waals surface area (Å²) in [4.78, 5) is 26.0. The number of piperazine rings is 1. The van der Waals surface area contributed by atoms with E-state index in [1.807, 2.05) is 18.2 Å². The van der Waals surface area contributed by atoms with Crippen molar-refractivity contribution in [1.29, 1.82) is 0 Å². The molecule has 29 heavy (non-hydrogen) atoms. The predicted molar refractivity (Wildman–Crippen MR) is 107 cm³/mol. The number of rotatable bonds is 6. The molecule has 0 spiro atoms. The number of aliphatic hydroxyl groups is 1. The fraction of sp³-hybridized carbons (Fsp3) is 0.500. The van der Waals surface area contributed by atoms with Crippen molar-refractivity contribution in [1.82, 2.24) is 24.6 Å². The largest absolute Gasteiger partial charge is 0.395 e. The Labute approximate surface area is 167 Å². The lowest BCUT2D eigenvalue weighted by atomic mass is 10.2. The van der Waals surface area contributed by atoms with Crippen LogP contribution < -0.4 is 10.5 Å². The van der Waals surface area contributed by atoms with E-state index in [0.717, 1.165) is 56.4 Å². The highest BCUT2D eigenvalue weighted by molar-refractivity contribution is 5.81. The molecule has 1 saturated heterocycles. The summed E-state index contributed by atoms with van der Waals surface area (Å²) in [6.45, 7) is 4.50. The molecular formula is C20H24N6O3. The molecule has 0 bridgehead atoms. The summed E-state index contributed by atoms with van der Waals surface area (Å²) >= 11 is 0. The molecule has 1 aliphatic carbocycles.